The van der Waals surface area contributed by atoms with Gasteiger partial charge in [-0.3, -0.25) is 4.79 Å². The highest BCUT2D eigenvalue weighted by Gasteiger charge is 2.26. The van der Waals surface area contributed by atoms with E-state index in [2.05, 4.69) is 0 Å². The number of benzene rings is 1. The molecular weight excluding hydrogens is 254 g/mol. The third-order valence-electron chi connectivity index (χ3n) is 2.64. The Bertz CT molecular complexity index is 496. The molecule has 0 aliphatic carbocycles. The van der Waals surface area contributed by atoms with Gasteiger partial charge in [-0.15, -0.1) is 0 Å². The van der Waals surface area contributed by atoms with Gasteiger partial charge < -0.3 is 5.11 Å². The lowest BCUT2D eigenvalue weighted by Crippen LogP contribution is -2.33. The zero-order valence-corrected chi connectivity index (χ0v) is 11.2. The van der Waals surface area contributed by atoms with Crippen LogP contribution in [-0.4, -0.2) is 43.6 Å². The molecule has 1 N–H and O–H groups in total. The first kappa shape index (κ1) is 14.7. The van der Waals surface area contributed by atoms with Crippen molar-refractivity contribution in [1.29, 1.82) is 0 Å². The molecule has 0 bridgehead atoms. The first-order chi connectivity index (χ1) is 8.33. The molecule has 5 nitrogen and oxygen atoms in total. The highest BCUT2D eigenvalue weighted by atomic mass is 32.2. The van der Waals surface area contributed by atoms with Crippen LogP contribution in [0.3, 0.4) is 0 Å². The highest BCUT2D eigenvalue weighted by Crippen LogP contribution is 2.13. The van der Waals surface area contributed by atoms with Crippen LogP contribution in [0.25, 0.3) is 0 Å². The number of hydrogen-bond donors (Lipinski definition) is 1. The Morgan fingerprint density at radius 1 is 1.28 bits per heavy atom. The van der Waals surface area contributed by atoms with E-state index in [4.69, 9.17) is 5.11 Å². The van der Waals surface area contributed by atoms with Gasteiger partial charge in [0.1, 0.15) is 0 Å². The molecule has 100 valence electrons. The molecule has 1 aromatic carbocycles. The Labute approximate surface area is 107 Å². The molecule has 6 heteroatoms. The van der Waals surface area contributed by atoms with Gasteiger partial charge in [0, 0.05) is 14.1 Å². The number of nitrogens with zero attached hydrogens (tertiary/aromatic N) is 1. The summed E-state index contributed by atoms with van der Waals surface area (Å²) in [7, 11) is -0.711. The fourth-order valence-corrected chi connectivity index (χ4v) is 2.59. The molecule has 0 fully saturated rings. The van der Waals surface area contributed by atoms with Crippen LogP contribution < -0.4 is 0 Å². The molecule has 0 amide bonds. The fraction of sp³-hybridized carbons (Fsp3) is 0.417. The van der Waals surface area contributed by atoms with Crippen molar-refractivity contribution in [2.45, 2.75) is 6.42 Å². The summed E-state index contributed by atoms with van der Waals surface area (Å²) in [4.78, 5) is 11.1. The number of carboxylic acid groups (broad SMARTS) is 1. The summed E-state index contributed by atoms with van der Waals surface area (Å²) in [5.41, 5.74) is 0.818. The first-order valence-electron chi connectivity index (χ1n) is 5.50. The molecule has 1 rings (SSSR count). The van der Waals surface area contributed by atoms with Gasteiger partial charge in [-0.05, 0) is 12.0 Å². The van der Waals surface area contributed by atoms with E-state index in [0.29, 0.717) is 0 Å². The van der Waals surface area contributed by atoms with Crippen LogP contribution in [0.4, 0.5) is 0 Å². The van der Waals surface area contributed by atoms with Crippen molar-refractivity contribution in [2.75, 3.05) is 19.8 Å². The van der Waals surface area contributed by atoms with Gasteiger partial charge in [-0.2, -0.15) is 0 Å². The lowest BCUT2D eigenvalue weighted by molar-refractivity contribution is -0.140. The molecule has 0 radical (unpaired) electrons. The SMILES string of the molecule is CN(C)S(=O)(=O)C[C@@H](Cc1ccccc1)C(=O)O. The molecule has 0 heterocycles. The van der Waals surface area contributed by atoms with Crippen LogP contribution in [0.1, 0.15) is 5.56 Å². The van der Waals surface area contributed by atoms with Crippen LogP contribution in [0.15, 0.2) is 30.3 Å². The largest absolute Gasteiger partial charge is 0.481 e. The molecular formula is C12H17NO4S. The Morgan fingerprint density at radius 3 is 2.28 bits per heavy atom. The average Bonchev–Trinajstić information content (AvgIpc) is 2.29. The van der Waals surface area contributed by atoms with Gasteiger partial charge >= 0.3 is 5.97 Å². The summed E-state index contributed by atoms with van der Waals surface area (Å²) in [5.74, 6) is -2.41. The summed E-state index contributed by atoms with van der Waals surface area (Å²) >= 11 is 0. The summed E-state index contributed by atoms with van der Waals surface area (Å²) in [6.45, 7) is 0. The second kappa shape index (κ2) is 5.97. The van der Waals surface area contributed by atoms with Gasteiger partial charge in [0.15, 0.2) is 0 Å². The van der Waals surface area contributed by atoms with E-state index in [9.17, 15) is 13.2 Å². The maximum absolute atomic E-state index is 11.7. The summed E-state index contributed by atoms with van der Waals surface area (Å²) < 4.78 is 24.4. The van der Waals surface area contributed by atoms with Crippen molar-refractivity contribution in [1.82, 2.24) is 4.31 Å². The lowest BCUT2D eigenvalue weighted by atomic mass is 10.0. The number of aliphatic carboxylic acids is 1. The lowest BCUT2D eigenvalue weighted by Gasteiger charge is -2.16. The van der Waals surface area contributed by atoms with Crippen LogP contribution in [-0.2, 0) is 21.2 Å². The maximum Gasteiger partial charge on any atom is 0.307 e. The van der Waals surface area contributed by atoms with E-state index in [1.807, 2.05) is 6.07 Å². The van der Waals surface area contributed by atoms with E-state index >= 15 is 0 Å². The number of rotatable bonds is 6. The van der Waals surface area contributed by atoms with Crippen LogP contribution in [0.2, 0.25) is 0 Å². The van der Waals surface area contributed by atoms with Crippen molar-refractivity contribution in [3.63, 3.8) is 0 Å². The molecule has 1 atom stereocenters. The zero-order valence-electron chi connectivity index (χ0n) is 10.4. The number of hydrogen-bond acceptors (Lipinski definition) is 3. The molecule has 18 heavy (non-hydrogen) atoms. The van der Waals surface area contributed by atoms with Crippen LogP contribution in [0, 0.1) is 5.92 Å². The van der Waals surface area contributed by atoms with Crippen molar-refractivity contribution in [3.8, 4) is 0 Å². The maximum atomic E-state index is 11.7. The molecule has 0 saturated heterocycles. The molecule has 0 aliphatic rings. The van der Waals surface area contributed by atoms with Gasteiger partial charge in [0.05, 0.1) is 11.7 Å². The first-order valence-corrected chi connectivity index (χ1v) is 7.11. The van der Waals surface area contributed by atoms with Gasteiger partial charge in [0.25, 0.3) is 0 Å². The minimum absolute atomic E-state index is 0.212. The van der Waals surface area contributed by atoms with Gasteiger partial charge in [-0.25, -0.2) is 12.7 Å². The van der Waals surface area contributed by atoms with Crippen molar-refractivity contribution in [3.05, 3.63) is 35.9 Å². The highest BCUT2D eigenvalue weighted by molar-refractivity contribution is 7.89. The minimum atomic E-state index is -3.51. The standard InChI is InChI=1S/C12H17NO4S/c1-13(2)18(16,17)9-11(12(14)15)8-10-6-4-3-5-7-10/h3-7,11H,8-9H2,1-2H3,(H,14,15)/t11-/m1/s1. The summed E-state index contributed by atoms with van der Waals surface area (Å²) in [6, 6.07) is 9.01. The Kier molecular flexibility index (Phi) is 4.86. The molecule has 1 aromatic rings. The molecule has 0 spiro atoms. The van der Waals surface area contributed by atoms with Gasteiger partial charge in [-0.1, -0.05) is 30.3 Å². The van der Waals surface area contributed by atoms with E-state index in [-0.39, 0.29) is 12.2 Å². The molecule has 0 saturated carbocycles. The average molecular weight is 271 g/mol. The van der Waals surface area contributed by atoms with Crippen LogP contribution >= 0.6 is 0 Å². The summed E-state index contributed by atoms with van der Waals surface area (Å²) in [5, 5.41) is 9.10. The predicted molar refractivity (Wildman–Crippen MR) is 68.7 cm³/mol. The Hall–Kier alpha value is -1.40. The molecule has 0 unspecified atom stereocenters. The third kappa shape index (κ3) is 4.12. The smallest absolute Gasteiger partial charge is 0.307 e. The number of carboxylic acids is 1. The van der Waals surface area contributed by atoms with Crippen molar-refractivity contribution < 1.29 is 18.3 Å². The van der Waals surface area contributed by atoms with Crippen LogP contribution in [0.5, 0.6) is 0 Å². The van der Waals surface area contributed by atoms with E-state index in [1.54, 1.807) is 24.3 Å². The zero-order chi connectivity index (χ0) is 13.8. The quantitative estimate of drug-likeness (QED) is 0.831. The van der Waals surface area contributed by atoms with E-state index in [1.165, 1.54) is 14.1 Å². The van der Waals surface area contributed by atoms with Crippen molar-refractivity contribution in [2.24, 2.45) is 5.92 Å². The Morgan fingerprint density at radius 2 is 1.83 bits per heavy atom. The number of carbonyl (C=O) groups is 1. The Balaban J connectivity index is 2.83. The van der Waals surface area contributed by atoms with Gasteiger partial charge in [0.2, 0.25) is 10.0 Å². The van der Waals surface area contributed by atoms with E-state index in [0.717, 1.165) is 9.87 Å². The second-order valence-electron chi connectivity index (χ2n) is 4.29. The summed E-state index contributed by atoms with van der Waals surface area (Å²) in [6.07, 6.45) is 0.212. The molecule has 0 aromatic heterocycles. The topological polar surface area (TPSA) is 74.7 Å². The second-order valence-corrected chi connectivity index (χ2v) is 6.51. The third-order valence-corrected chi connectivity index (χ3v) is 4.58. The fourth-order valence-electron chi connectivity index (χ4n) is 1.52. The molecule has 0 aliphatic heterocycles. The monoisotopic (exact) mass is 271 g/mol. The minimum Gasteiger partial charge on any atom is -0.481 e. The predicted octanol–water partition coefficient (Wildman–Crippen LogP) is 0.821. The normalized spacial score (nSPS) is 13.5. The van der Waals surface area contributed by atoms with E-state index < -0.39 is 21.9 Å². The van der Waals surface area contributed by atoms with Crippen molar-refractivity contribution >= 4 is 16.0 Å². The number of sulfonamides is 1.